The van der Waals surface area contributed by atoms with E-state index in [-0.39, 0.29) is 10.7 Å². The minimum Gasteiger partial charge on any atom is -0.389 e. The van der Waals surface area contributed by atoms with Crippen LogP contribution in [0.2, 0.25) is 0 Å². The van der Waals surface area contributed by atoms with Crippen molar-refractivity contribution < 1.29 is 8.42 Å². The van der Waals surface area contributed by atoms with E-state index >= 15 is 0 Å². The first-order chi connectivity index (χ1) is 9.96. The maximum atomic E-state index is 12.0. The van der Waals surface area contributed by atoms with Gasteiger partial charge in [-0.1, -0.05) is 30.4 Å². The summed E-state index contributed by atoms with van der Waals surface area (Å²) >= 11 is 4.88. The molecule has 0 aliphatic heterocycles. The average Bonchev–Trinajstić information content (AvgIpc) is 2.91. The van der Waals surface area contributed by atoms with E-state index in [1.165, 1.54) is 0 Å². The third-order valence-electron chi connectivity index (χ3n) is 2.84. The Morgan fingerprint density at radius 2 is 2.24 bits per heavy atom. The van der Waals surface area contributed by atoms with Crippen molar-refractivity contribution >= 4 is 27.2 Å². The molecule has 6 nitrogen and oxygen atoms in total. The molecule has 4 N–H and O–H groups in total. The molecule has 0 saturated heterocycles. The number of hydrogen-bond donors (Lipinski definition) is 3. The van der Waals surface area contributed by atoms with Gasteiger partial charge in [-0.05, 0) is 11.6 Å². The van der Waals surface area contributed by atoms with Crippen LogP contribution >= 0.6 is 12.2 Å². The standard InChI is InChI=1S/C13H16N4O2S2/c14-13(20)11-3-1-2-10(6-11)8-21(18,19)17-5-4-12-7-15-9-16-12/h1-3,6-7,9,17H,4-5,8H2,(H2,14,20)(H,15,16). The Morgan fingerprint density at radius 1 is 1.43 bits per heavy atom. The smallest absolute Gasteiger partial charge is 0.215 e. The van der Waals surface area contributed by atoms with Crippen molar-refractivity contribution in [1.82, 2.24) is 14.7 Å². The molecule has 2 aromatic rings. The summed E-state index contributed by atoms with van der Waals surface area (Å²) in [5.41, 5.74) is 7.73. The number of aromatic nitrogens is 2. The van der Waals surface area contributed by atoms with Crippen LogP contribution in [0.3, 0.4) is 0 Å². The summed E-state index contributed by atoms with van der Waals surface area (Å²) in [6.07, 6.45) is 3.79. The molecule has 0 radical (unpaired) electrons. The molecule has 21 heavy (non-hydrogen) atoms. The average molecular weight is 324 g/mol. The lowest BCUT2D eigenvalue weighted by Gasteiger charge is -2.07. The van der Waals surface area contributed by atoms with Gasteiger partial charge in [-0.25, -0.2) is 18.1 Å². The fourth-order valence-corrected chi connectivity index (χ4v) is 3.11. The second kappa shape index (κ2) is 6.79. The lowest BCUT2D eigenvalue weighted by molar-refractivity contribution is 0.580. The van der Waals surface area contributed by atoms with Crippen molar-refractivity contribution in [3.8, 4) is 0 Å². The highest BCUT2D eigenvalue weighted by molar-refractivity contribution is 7.88. The van der Waals surface area contributed by atoms with Crippen molar-refractivity contribution in [1.29, 1.82) is 0 Å². The monoisotopic (exact) mass is 324 g/mol. The summed E-state index contributed by atoms with van der Waals surface area (Å²) in [7, 11) is -3.40. The number of benzene rings is 1. The van der Waals surface area contributed by atoms with Gasteiger partial charge in [-0.3, -0.25) is 0 Å². The van der Waals surface area contributed by atoms with Crippen LogP contribution in [0.25, 0.3) is 0 Å². The van der Waals surface area contributed by atoms with Gasteiger partial charge in [0.25, 0.3) is 0 Å². The van der Waals surface area contributed by atoms with E-state index in [0.717, 1.165) is 5.69 Å². The normalized spacial score (nSPS) is 11.4. The molecule has 0 aliphatic rings. The summed E-state index contributed by atoms with van der Waals surface area (Å²) < 4.78 is 26.6. The summed E-state index contributed by atoms with van der Waals surface area (Å²) in [5.74, 6) is -0.105. The minimum atomic E-state index is -3.40. The molecule has 1 aromatic heterocycles. The zero-order valence-corrected chi connectivity index (χ0v) is 12.9. The number of thiocarbonyl (C=S) groups is 1. The van der Waals surface area contributed by atoms with Crippen LogP contribution < -0.4 is 10.5 Å². The fourth-order valence-electron chi connectivity index (χ4n) is 1.85. The molecule has 0 atom stereocenters. The van der Waals surface area contributed by atoms with Gasteiger partial charge < -0.3 is 10.7 Å². The molecule has 0 unspecified atom stereocenters. The zero-order valence-electron chi connectivity index (χ0n) is 11.2. The van der Waals surface area contributed by atoms with Crippen LogP contribution in [-0.2, 0) is 22.2 Å². The zero-order chi connectivity index (χ0) is 15.3. The predicted molar refractivity (Wildman–Crippen MR) is 85.2 cm³/mol. The summed E-state index contributed by atoms with van der Waals surface area (Å²) in [6.45, 7) is 0.319. The van der Waals surface area contributed by atoms with E-state index in [4.69, 9.17) is 18.0 Å². The van der Waals surface area contributed by atoms with Crippen LogP contribution in [0.5, 0.6) is 0 Å². The number of nitrogens with two attached hydrogens (primary N) is 1. The number of rotatable bonds is 7. The number of sulfonamides is 1. The van der Waals surface area contributed by atoms with Crippen LogP contribution in [0.4, 0.5) is 0 Å². The SMILES string of the molecule is NC(=S)c1cccc(CS(=O)(=O)NCCc2cnc[nH]2)c1. The van der Waals surface area contributed by atoms with Gasteiger partial charge in [0.2, 0.25) is 10.0 Å². The van der Waals surface area contributed by atoms with Crippen molar-refractivity contribution in [2.45, 2.75) is 12.2 Å². The van der Waals surface area contributed by atoms with Crippen LogP contribution in [0.1, 0.15) is 16.8 Å². The van der Waals surface area contributed by atoms with Gasteiger partial charge >= 0.3 is 0 Å². The first-order valence-electron chi connectivity index (χ1n) is 6.29. The Bertz CT molecular complexity index is 712. The highest BCUT2D eigenvalue weighted by atomic mass is 32.2. The van der Waals surface area contributed by atoms with Crippen molar-refractivity contribution in [3.05, 3.63) is 53.6 Å². The molecule has 0 saturated carbocycles. The molecule has 2 rings (SSSR count). The highest BCUT2D eigenvalue weighted by Crippen LogP contribution is 2.09. The quantitative estimate of drug-likeness (QED) is 0.651. The predicted octanol–water partition coefficient (Wildman–Crippen LogP) is 0.706. The first kappa shape index (κ1) is 15.6. The Labute approximate surface area is 128 Å². The van der Waals surface area contributed by atoms with Gasteiger partial charge in [-0.2, -0.15) is 0 Å². The summed E-state index contributed by atoms with van der Waals surface area (Å²) in [6, 6.07) is 6.92. The van der Waals surface area contributed by atoms with Crippen LogP contribution in [0.15, 0.2) is 36.8 Å². The summed E-state index contributed by atoms with van der Waals surface area (Å²) in [4.78, 5) is 7.04. The number of nitrogens with zero attached hydrogens (tertiary/aromatic N) is 1. The van der Waals surface area contributed by atoms with E-state index in [1.807, 2.05) is 0 Å². The third-order valence-corrected chi connectivity index (χ3v) is 4.43. The molecular formula is C13H16N4O2S2. The number of hydrogen-bond acceptors (Lipinski definition) is 4. The molecule has 0 aliphatic carbocycles. The molecule has 0 amide bonds. The summed E-state index contributed by atoms with van der Waals surface area (Å²) in [5, 5.41) is 0. The molecule has 0 bridgehead atoms. The largest absolute Gasteiger partial charge is 0.389 e. The van der Waals surface area contributed by atoms with Crippen molar-refractivity contribution in [3.63, 3.8) is 0 Å². The van der Waals surface area contributed by atoms with E-state index in [2.05, 4.69) is 14.7 Å². The van der Waals surface area contributed by atoms with Gasteiger partial charge in [0.1, 0.15) is 4.99 Å². The topological polar surface area (TPSA) is 101 Å². The first-order valence-corrected chi connectivity index (χ1v) is 8.36. The minimum absolute atomic E-state index is 0.105. The number of aromatic amines is 1. The number of H-pyrrole nitrogens is 1. The lowest BCUT2D eigenvalue weighted by Crippen LogP contribution is -2.27. The second-order valence-electron chi connectivity index (χ2n) is 4.54. The van der Waals surface area contributed by atoms with Gasteiger partial charge in [0.05, 0.1) is 12.1 Å². The highest BCUT2D eigenvalue weighted by Gasteiger charge is 2.12. The third kappa shape index (κ3) is 4.92. The second-order valence-corrected chi connectivity index (χ2v) is 6.79. The maximum Gasteiger partial charge on any atom is 0.215 e. The molecule has 1 aromatic carbocycles. The Kier molecular flexibility index (Phi) is 5.05. The fraction of sp³-hybridized carbons (Fsp3) is 0.231. The van der Waals surface area contributed by atoms with Gasteiger partial charge in [0, 0.05) is 30.4 Å². The molecule has 112 valence electrons. The molecule has 8 heteroatoms. The van der Waals surface area contributed by atoms with E-state index < -0.39 is 10.0 Å². The van der Waals surface area contributed by atoms with Crippen LogP contribution in [-0.4, -0.2) is 29.9 Å². The molecule has 0 fully saturated rings. The van der Waals surface area contributed by atoms with E-state index in [0.29, 0.717) is 24.1 Å². The maximum absolute atomic E-state index is 12.0. The van der Waals surface area contributed by atoms with Crippen molar-refractivity contribution in [2.75, 3.05) is 6.54 Å². The van der Waals surface area contributed by atoms with Crippen LogP contribution in [0, 0.1) is 0 Å². The molecular weight excluding hydrogens is 308 g/mol. The number of imidazole rings is 1. The van der Waals surface area contributed by atoms with Crippen molar-refractivity contribution in [2.24, 2.45) is 5.73 Å². The Hall–Kier alpha value is -1.77. The number of nitrogens with one attached hydrogen (secondary N) is 2. The molecule has 1 heterocycles. The van der Waals surface area contributed by atoms with E-state index in [1.54, 1.807) is 36.8 Å². The molecule has 0 spiro atoms. The Morgan fingerprint density at radius 3 is 2.90 bits per heavy atom. The lowest BCUT2D eigenvalue weighted by atomic mass is 10.1. The van der Waals surface area contributed by atoms with E-state index in [9.17, 15) is 8.42 Å². The van der Waals surface area contributed by atoms with Gasteiger partial charge in [-0.15, -0.1) is 0 Å². The van der Waals surface area contributed by atoms with Gasteiger partial charge in [0.15, 0.2) is 0 Å². The Balaban J connectivity index is 1.94.